The molecule has 10 nitrogen and oxygen atoms in total. The first-order valence-corrected chi connectivity index (χ1v) is 11.1. The average molecular weight is 482 g/mol. The van der Waals surface area contributed by atoms with Crippen LogP contribution in [0.3, 0.4) is 0 Å². The minimum Gasteiger partial charge on any atom is -0.480 e. The molecule has 32 heavy (non-hydrogen) atoms. The van der Waals surface area contributed by atoms with Gasteiger partial charge in [0.1, 0.15) is 18.1 Å². The number of aromatic nitrogens is 1. The van der Waals surface area contributed by atoms with Gasteiger partial charge in [0, 0.05) is 35.0 Å². The number of aliphatic carboxylic acids is 1. The van der Waals surface area contributed by atoms with Crippen molar-refractivity contribution in [3.05, 3.63) is 36.0 Å². The fourth-order valence-corrected chi connectivity index (χ4v) is 3.38. The molecule has 0 bridgehead atoms. The number of carboxylic acids is 1. The van der Waals surface area contributed by atoms with Crippen molar-refractivity contribution in [2.75, 3.05) is 11.5 Å². The molecule has 0 spiro atoms. The van der Waals surface area contributed by atoms with Crippen LogP contribution in [0, 0.1) is 0 Å². The number of amides is 3. The fraction of sp³-hybridized carbons (Fsp3) is 0.400. The highest BCUT2D eigenvalue weighted by atomic mass is 32.1. The molecule has 0 saturated carbocycles. The van der Waals surface area contributed by atoms with Crippen LogP contribution in [0.15, 0.2) is 30.5 Å². The minimum absolute atomic E-state index is 0.0243. The number of hydrogen-bond donors (Lipinski definition) is 8. The maximum atomic E-state index is 12.5. The summed E-state index contributed by atoms with van der Waals surface area (Å²) in [6.45, 7) is 1.41. The van der Waals surface area contributed by atoms with Gasteiger partial charge >= 0.3 is 5.97 Å². The molecule has 1 aromatic carbocycles. The molecule has 174 valence electrons. The number of carboxylic acid groups (broad SMARTS) is 1. The average Bonchev–Trinajstić information content (AvgIpc) is 3.18. The van der Waals surface area contributed by atoms with Gasteiger partial charge in [0.25, 0.3) is 0 Å². The molecule has 1 aromatic heterocycles. The number of rotatable bonds is 11. The van der Waals surface area contributed by atoms with Crippen molar-refractivity contribution in [3.63, 3.8) is 0 Å². The molecule has 0 fully saturated rings. The van der Waals surface area contributed by atoms with Gasteiger partial charge < -0.3 is 31.8 Å². The standard InChI is InChI=1S/C20H27N5O5S2/c1-10(23-19(28)16(9-32)25-18(27)13(21)8-31)17(26)24-15(20(29)30)6-11-7-22-14-5-3-2-4-12(11)14/h2-5,7,10,13,15-16,22,31-32H,6,8-9,21H2,1H3,(H,23,28)(H,24,26)(H,25,27)(H,29,30). The topological polar surface area (TPSA) is 166 Å². The van der Waals surface area contributed by atoms with Gasteiger partial charge in [-0.05, 0) is 18.6 Å². The van der Waals surface area contributed by atoms with E-state index in [0.29, 0.717) is 0 Å². The van der Waals surface area contributed by atoms with Crippen LogP contribution in [-0.4, -0.2) is 69.5 Å². The largest absolute Gasteiger partial charge is 0.480 e. The van der Waals surface area contributed by atoms with Crippen LogP contribution < -0.4 is 21.7 Å². The fourth-order valence-electron chi connectivity index (χ4n) is 2.95. The normalized spacial score (nSPS) is 14.8. The van der Waals surface area contributed by atoms with Crippen molar-refractivity contribution in [3.8, 4) is 0 Å². The van der Waals surface area contributed by atoms with Gasteiger partial charge in [0.05, 0.1) is 6.04 Å². The van der Waals surface area contributed by atoms with Crippen molar-refractivity contribution in [2.45, 2.75) is 37.5 Å². The van der Waals surface area contributed by atoms with Crippen LogP contribution >= 0.6 is 25.3 Å². The number of nitrogens with one attached hydrogen (secondary N) is 4. The number of para-hydroxylation sites is 1. The number of H-pyrrole nitrogens is 1. The molecule has 4 unspecified atom stereocenters. The molecule has 3 amide bonds. The summed E-state index contributed by atoms with van der Waals surface area (Å²) in [5, 5.41) is 17.8. The number of benzene rings is 1. The molecule has 0 saturated heterocycles. The maximum absolute atomic E-state index is 12.5. The zero-order valence-corrected chi connectivity index (χ0v) is 19.2. The molecule has 4 atom stereocenters. The quantitative estimate of drug-likeness (QED) is 0.201. The summed E-state index contributed by atoms with van der Waals surface area (Å²) in [6, 6.07) is 3.26. The third kappa shape index (κ3) is 6.65. The smallest absolute Gasteiger partial charge is 0.326 e. The van der Waals surface area contributed by atoms with Gasteiger partial charge in [0.2, 0.25) is 17.7 Å². The highest BCUT2D eigenvalue weighted by molar-refractivity contribution is 7.80. The number of fused-ring (bicyclic) bond motifs is 1. The van der Waals surface area contributed by atoms with Crippen LogP contribution in [-0.2, 0) is 25.6 Å². The predicted octanol–water partition coefficient (Wildman–Crippen LogP) is -0.544. The highest BCUT2D eigenvalue weighted by Gasteiger charge is 2.28. The molecule has 12 heteroatoms. The lowest BCUT2D eigenvalue weighted by molar-refractivity contribution is -0.142. The lowest BCUT2D eigenvalue weighted by atomic mass is 10.0. The second-order valence-corrected chi connectivity index (χ2v) is 7.96. The molecule has 0 aliphatic heterocycles. The van der Waals surface area contributed by atoms with E-state index in [2.05, 4.69) is 46.2 Å². The molecule has 7 N–H and O–H groups in total. The zero-order chi connectivity index (χ0) is 23.8. The molecule has 2 aromatic rings. The first-order valence-electron chi connectivity index (χ1n) is 9.84. The van der Waals surface area contributed by atoms with Crippen molar-refractivity contribution in [1.82, 2.24) is 20.9 Å². The molecule has 2 rings (SSSR count). The number of nitrogens with two attached hydrogens (primary N) is 1. The van der Waals surface area contributed by atoms with E-state index in [0.717, 1.165) is 16.5 Å². The molecule has 0 aliphatic carbocycles. The maximum Gasteiger partial charge on any atom is 0.326 e. The van der Waals surface area contributed by atoms with Crippen LogP contribution in [0.4, 0.5) is 0 Å². The number of hydrogen-bond acceptors (Lipinski definition) is 7. The van der Waals surface area contributed by atoms with E-state index in [1.165, 1.54) is 6.92 Å². The van der Waals surface area contributed by atoms with Gasteiger partial charge in [-0.15, -0.1) is 0 Å². The van der Waals surface area contributed by atoms with Crippen LogP contribution in [0.2, 0.25) is 0 Å². The van der Waals surface area contributed by atoms with Crippen molar-refractivity contribution in [1.29, 1.82) is 0 Å². The number of carbonyl (C=O) groups is 4. The number of carbonyl (C=O) groups excluding carboxylic acids is 3. The van der Waals surface area contributed by atoms with Gasteiger partial charge in [-0.3, -0.25) is 14.4 Å². The Balaban J connectivity index is 1.99. The lowest BCUT2D eigenvalue weighted by Crippen LogP contribution is -2.57. The summed E-state index contributed by atoms with van der Waals surface area (Å²) in [6.07, 6.45) is 1.76. The summed E-state index contributed by atoms with van der Waals surface area (Å²) in [5.74, 6) is -3.03. The molecular weight excluding hydrogens is 454 g/mol. The molecular formula is C20H27N5O5S2. The summed E-state index contributed by atoms with van der Waals surface area (Å²) in [7, 11) is 0. The second kappa shape index (κ2) is 11.8. The second-order valence-electron chi connectivity index (χ2n) is 7.23. The van der Waals surface area contributed by atoms with Crippen LogP contribution in [0.1, 0.15) is 12.5 Å². The van der Waals surface area contributed by atoms with E-state index in [1.54, 1.807) is 6.20 Å². The highest BCUT2D eigenvalue weighted by Crippen LogP contribution is 2.19. The van der Waals surface area contributed by atoms with E-state index in [9.17, 15) is 24.3 Å². The Labute approximate surface area is 195 Å². The third-order valence-electron chi connectivity index (χ3n) is 4.81. The molecule has 0 aliphatic rings. The minimum atomic E-state index is -1.21. The summed E-state index contributed by atoms with van der Waals surface area (Å²) in [5.41, 5.74) is 7.17. The van der Waals surface area contributed by atoms with Crippen LogP contribution in [0.5, 0.6) is 0 Å². The first kappa shape index (κ1) is 25.6. The van der Waals surface area contributed by atoms with Gasteiger partial charge in [0.15, 0.2) is 0 Å². The molecule has 0 radical (unpaired) electrons. The van der Waals surface area contributed by atoms with E-state index in [-0.39, 0.29) is 17.9 Å². The van der Waals surface area contributed by atoms with Crippen molar-refractivity contribution >= 4 is 59.9 Å². The Morgan fingerprint density at radius 2 is 1.66 bits per heavy atom. The Hall–Kier alpha value is -2.70. The summed E-state index contributed by atoms with van der Waals surface area (Å²) in [4.78, 5) is 51.6. The van der Waals surface area contributed by atoms with E-state index in [4.69, 9.17) is 5.73 Å². The number of aromatic amines is 1. The van der Waals surface area contributed by atoms with E-state index >= 15 is 0 Å². The van der Waals surface area contributed by atoms with Crippen LogP contribution in [0.25, 0.3) is 10.9 Å². The summed E-state index contributed by atoms with van der Waals surface area (Å²) >= 11 is 7.98. The first-order chi connectivity index (χ1) is 15.2. The SMILES string of the molecule is CC(NC(=O)C(CS)NC(=O)C(N)CS)C(=O)NC(Cc1c[nH]c2ccccc12)C(=O)O. The summed E-state index contributed by atoms with van der Waals surface area (Å²) < 4.78 is 0. The third-order valence-corrected chi connectivity index (χ3v) is 5.57. The van der Waals surface area contributed by atoms with Crippen molar-refractivity contribution in [2.24, 2.45) is 5.73 Å². The Kier molecular flexibility index (Phi) is 9.42. The van der Waals surface area contributed by atoms with Crippen molar-refractivity contribution < 1.29 is 24.3 Å². The number of thiol groups is 2. The monoisotopic (exact) mass is 481 g/mol. The van der Waals surface area contributed by atoms with E-state index in [1.807, 2.05) is 24.3 Å². The van der Waals surface area contributed by atoms with Gasteiger partial charge in [-0.1, -0.05) is 18.2 Å². The Morgan fingerprint density at radius 1 is 1.00 bits per heavy atom. The van der Waals surface area contributed by atoms with E-state index < -0.39 is 47.9 Å². The van der Waals surface area contributed by atoms with Gasteiger partial charge in [-0.2, -0.15) is 25.3 Å². The van der Waals surface area contributed by atoms with Gasteiger partial charge in [-0.25, -0.2) is 4.79 Å². The zero-order valence-electron chi connectivity index (χ0n) is 17.4. The molecule has 1 heterocycles. The predicted molar refractivity (Wildman–Crippen MR) is 127 cm³/mol. The Bertz CT molecular complexity index is 982. The lowest BCUT2D eigenvalue weighted by Gasteiger charge is -2.22. The Morgan fingerprint density at radius 3 is 2.28 bits per heavy atom.